The van der Waals surface area contributed by atoms with Crippen molar-refractivity contribution >= 4 is 27.5 Å². The van der Waals surface area contributed by atoms with Gasteiger partial charge in [0.05, 0.1) is 12.2 Å². The minimum Gasteiger partial charge on any atom is -0.324 e. The summed E-state index contributed by atoms with van der Waals surface area (Å²) in [7, 11) is 0. The summed E-state index contributed by atoms with van der Waals surface area (Å²) in [6.07, 6.45) is -4.42. The first-order valence-corrected chi connectivity index (χ1v) is 6.99. The molecule has 0 bridgehead atoms. The quantitative estimate of drug-likeness (QED) is 0.734. The van der Waals surface area contributed by atoms with Crippen LogP contribution in [0, 0.1) is 0 Å². The van der Waals surface area contributed by atoms with Gasteiger partial charge in [0.2, 0.25) is 5.91 Å². The fourth-order valence-electron chi connectivity index (χ4n) is 1.53. The molecule has 0 aromatic heterocycles. The molecule has 0 saturated heterocycles. The van der Waals surface area contributed by atoms with E-state index < -0.39 is 12.6 Å². The Hall–Kier alpha value is -1.08. The van der Waals surface area contributed by atoms with Gasteiger partial charge in [-0.05, 0) is 47.4 Å². The van der Waals surface area contributed by atoms with Crippen LogP contribution >= 0.6 is 15.9 Å². The van der Waals surface area contributed by atoms with E-state index in [0.29, 0.717) is 18.7 Å². The summed E-state index contributed by atoms with van der Waals surface area (Å²) in [4.78, 5) is 11.6. The number of para-hydroxylation sites is 1. The molecule has 0 heterocycles. The van der Waals surface area contributed by atoms with Crippen LogP contribution in [0.5, 0.6) is 0 Å². The predicted octanol–water partition coefficient (Wildman–Crippen LogP) is 3.71. The van der Waals surface area contributed by atoms with E-state index in [-0.39, 0.29) is 18.9 Å². The van der Waals surface area contributed by atoms with E-state index in [1.54, 1.807) is 18.2 Å². The topological polar surface area (TPSA) is 41.1 Å². The monoisotopic (exact) mass is 352 g/mol. The van der Waals surface area contributed by atoms with E-state index >= 15 is 0 Å². The first-order chi connectivity index (χ1) is 9.38. The van der Waals surface area contributed by atoms with Crippen LogP contribution in [0.15, 0.2) is 28.7 Å². The molecule has 1 aromatic rings. The van der Waals surface area contributed by atoms with Crippen molar-refractivity contribution in [2.45, 2.75) is 25.4 Å². The Bertz CT molecular complexity index is 438. The Morgan fingerprint density at radius 3 is 2.55 bits per heavy atom. The summed E-state index contributed by atoms with van der Waals surface area (Å²) in [6, 6.07) is 7.19. The van der Waals surface area contributed by atoms with Crippen LogP contribution in [0.3, 0.4) is 0 Å². The zero-order valence-corrected chi connectivity index (χ0v) is 12.4. The Morgan fingerprint density at radius 1 is 1.20 bits per heavy atom. The van der Waals surface area contributed by atoms with Gasteiger partial charge in [-0.15, -0.1) is 0 Å². The number of nitrogens with one attached hydrogen (secondary N) is 2. The summed E-state index contributed by atoms with van der Waals surface area (Å²) < 4.78 is 36.4. The normalized spacial score (nSPS) is 11.4. The third kappa shape index (κ3) is 7.49. The second-order valence-electron chi connectivity index (χ2n) is 4.28. The lowest BCUT2D eigenvalue weighted by molar-refractivity contribution is -0.135. The number of amides is 1. The fraction of sp³-hybridized carbons (Fsp3) is 0.462. The van der Waals surface area contributed by atoms with E-state index in [4.69, 9.17) is 0 Å². The van der Waals surface area contributed by atoms with Crippen molar-refractivity contribution in [1.29, 1.82) is 0 Å². The summed E-state index contributed by atoms with van der Waals surface area (Å²) in [6.45, 7) is 0.465. The highest BCUT2D eigenvalue weighted by atomic mass is 79.9. The lowest BCUT2D eigenvalue weighted by Gasteiger charge is -2.09. The first kappa shape index (κ1) is 17.0. The molecular formula is C13H16BrF3N2O. The minimum atomic E-state index is -4.10. The van der Waals surface area contributed by atoms with Gasteiger partial charge in [0, 0.05) is 10.9 Å². The van der Waals surface area contributed by atoms with Gasteiger partial charge in [0.25, 0.3) is 0 Å². The first-order valence-electron chi connectivity index (χ1n) is 6.20. The van der Waals surface area contributed by atoms with E-state index in [1.165, 1.54) is 0 Å². The van der Waals surface area contributed by atoms with Crippen molar-refractivity contribution in [3.8, 4) is 0 Å². The van der Waals surface area contributed by atoms with E-state index in [0.717, 1.165) is 4.47 Å². The van der Waals surface area contributed by atoms with Crippen LogP contribution in [-0.2, 0) is 4.79 Å². The molecule has 0 spiro atoms. The number of benzene rings is 1. The number of rotatable bonds is 7. The van der Waals surface area contributed by atoms with Crippen molar-refractivity contribution in [3.05, 3.63) is 28.7 Å². The van der Waals surface area contributed by atoms with Gasteiger partial charge in [-0.3, -0.25) is 4.79 Å². The number of alkyl halides is 3. The van der Waals surface area contributed by atoms with Crippen molar-refractivity contribution in [3.63, 3.8) is 0 Å². The van der Waals surface area contributed by atoms with Gasteiger partial charge < -0.3 is 10.6 Å². The maximum atomic E-state index is 11.9. The summed E-state index contributed by atoms with van der Waals surface area (Å²) in [5, 5.41) is 5.51. The Morgan fingerprint density at radius 2 is 1.90 bits per heavy atom. The molecule has 20 heavy (non-hydrogen) atoms. The molecule has 0 aliphatic rings. The zero-order chi connectivity index (χ0) is 15.0. The minimum absolute atomic E-state index is 0.0718. The molecule has 1 rings (SSSR count). The van der Waals surface area contributed by atoms with Crippen LogP contribution < -0.4 is 10.6 Å². The molecule has 3 nitrogen and oxygen atoms in total. The second-order valence-corrected chi connectivity index (χ2v) is 5.13. The fourth-order valence-corrected chi connectivity index (χ4v) is 1.92. The largest absolute Gasteiger partial charge is 0.389 e. The van der Waals surface area contributed by atoms with E-state index in [2.05, 4.69) is 26.6 Å². The molecule has 7 heteroatoms. The highest BCUT2D eigenvalue weighted by Crippen LogP contribution is 2.22. The average Bonchev–Trinajstić information content (AvgIpc) is 2.35. The van der Waals surface area contributed by atoms with E-state index in [9.17, 15) is 18.0 Å². The molecule has 112 valence electrons. The van der Waals surface area contributed by atoms with Crippen LogP contribution in [0.4, 0.5) is 18.9 Å². The maximum absolute atomic E-state index is 11.9. The van der Waals surface area contributed by atoms with Gasteiger partial charge in [-0.1, -0.05) is 12.1 Å². The Balaban J connectivity index is 2.14. The Kier molecular flexibility index (Phi) is 7.01. The molecule has 0 saturated carbocycles. The lowest BCUT2D eigenvalue weighted by Crippen LogP contribution is -2.29. The SMILES string of the molecule is O=C(CNCCCCC(F)(F)F)Nc1ccccc1Br. The molecule has 0 radical (unpaired) electrons. The molecule has 0 fully saturated rings. The number of carbonyl (C=O) groups is 1. The summed E-state index contributed by atoms with van der Waals surface area (Å²) in [5.74, 6) is -0.229. The lowest BCUT2D eigenvalue weighted by atomic mass is 10.2. The standard InChI is InChI=1S/C13H16BrF3N2O/c14-10-5-1-2-6-11(10)19-12(20)9-18-8-4-3-7-13(15,16)17/h1-2,5-6,18H,3-4,7-9H2,(H,19,20). The number of hydrogen-bond acceptors (Lipinski definition) is 2. The van der Waals surface area contributed by atoms with E-state index in [1.807, 2.05) is 6.07 Å². The van der Waals surface area contributed by atoms with Gasteiger partial charge in [-0.2, -0.15) is 13.2 Å². The van der Waals surface area contributed by atoms with Crippen molar-refractivity contribution < 1.29 is 18.0 Å². The van der Waals surface area contributed by atoms with Crippen molar-refractivity contribution in [2.24, 2.45) is 0 Å². The van der Waals surface area contributed by atoms with Crippen LogP contribution in [0.25, 0.3) is 0 Å². The third-order valence-electron chi connectivity index (χ3n) is 2.50. The van der Waals surface area contributed by atoms with Crippen LogP contribution in [-0.4, -0.2) is 25.2 Å². The predicted molar refractivity (Wildman–Crippen MR) is 75.5 cm³/mol. The third-order valence-corrected chi connectivity index (χ3v) is 3.19. The smallest absolute Gasteiger partial charge is 0.324 e. The molecular weight excluding hydrogens is 337 g/mol. The van der Waals surface area contributed by atoms with Crippen LogP contribution in [0.2, 0.25) is 0 Å². The highest BCUT2D eigenvalue weighted by molar-refractivity contribution is 9.10. The second kappa shape index (κ2) is 8.26. The molecule has 2 N–H and O–H groups in total. The molecule has 0 atom stereocenters. The summed E-state index contributed by atoms with van der Waals surface area (Å²) in [5.41, 5.74) is 0.663. The number of hydrogen-bond donors (Lipinski definition) is 2. The number of halogens is 4. The molecule has 0 aliphatic carbocycles. The van der Waals surface area contributed by atoms with Gasteiger partial charge in [-0.25, -0.2) is 0 Å². The van der Waals surface area contributed by atoms with Crippen molar-refractivity contribution in [1.82, 2.24) is 5.32 Å². The van der Waals surface area contributed by atoms with Crippen LogP contribution in [0.1, 0.15) is 19.3 Å². The average molecular weight is 353 g/mol. The Labute approximate surface area is 124 Å². The van der Waals surface area contributed by atoms with Gasteiger partial charge in [0.15, 0.2) is 0 Å². The zero-order valence-electron chi connectivity index (χ0n) is 10.8. The molecule has 1 amide bonds. The number of unbranched alkanes of at least 4 members (excludes halogenated alkanes) is 1. The highest BCUT2D eigenvalue weighted by Gasteiger charge is 2.25. The van der Waals surface area contributed by atoms with Crippen molar-refractivity contribution in [2.75, 3.05) is 18.4 Å². The number of carbonyl (C=O) groups excluding carboxylic acids is 1. The maximum Gasteiger partial charge on any atom is 0.389 e. The van der Waals surface area contributed by atoms with Gasteiger partial charge in [0.1, 0.15) is 0 Å². The van der Waals surface area contributed by atoms with Gasteiger partial charge >= 0.3 is 6.18 Å². The molecule has 1 aromatic carbocycles. The summed E-state index contributed by atoms with van der Waals surface area (Å²) >= 11 is 3.30. The molecule has 0 aliphatic heterocycles. The number of anilines is 1. The molecule has 0 unspecified atom stereocenters.